The summed E-state index contributed by atoms with van der Waals surface area (Å²) in [6, 6.07) is 11.3. The standard InChI is InChI=1S/C19H19N3O4S/c1-12(2)27(24,25)16-8-6-14(7-9-16)18(23)21-17-10-15(5-4-13(17)3)19-22-20-11-26-19/h4-12H,1-3H3,(H,21,23). The van der Waals surface area contributed by atoms with E-state index in [0.29, 0.717) is 22.7 Å². The number of aromatic nitrogens is 2. The van der Waals surface area contributed by atoms with Crippen LogP contribution in [-0.4, -0.2) is 29.8 Å². The number of benzene rings is 2. The molecule has 3 aromatic rings. The molecule has 8 heteroatoms. The van der Waals surface area contributed by atoms with Crippen LogP contribution < -0.4 is 5.32 Å². The van der Waals surface area contributed by atoms with Gasteiger partial charge in [-0.1, -0.05) is 6.07 Å². The predicted octanol–water partition coefficient (Wildman–Crippen LogP) is 3.48. The maximum absolute atomic E-state index is 12.5. The molecule has 0 saturated carbocycles. The van der Waals surface area contributed by atoms with Gasteiger partial charge >= 0.3 is 0 Å². The molecule has 2 aromatic carbocycles. The summed E-state index contributed by atoms with van der Waals surface area (Å²) >= 11 is 0. The van der Waals surface area contributed by atoms with E-state index in [1.807, 2.05) is 19.1 Å². The molecule has 1 aromatic heterocycles. The van der Waals surface area contributed by atoms with Crippen molar-refractivity contribution in [3.05, 3.63) is 60.0 Å². The molecule has 0 saturated heterocycles. The molecule has 3 rings (SSSR count). The zero-order chi connectivity index (χ0) is 19.6. The van der Waals surface area contributed by atoms with Gasteiger partial charge in [-0.2, -0.15) is 0 Å². The van der Waals surface area contributed by atoms with Crippen LogP contribution in [-0.2, 0) is 9.84 Å². The molecule has 0 radical (unpaired) electrons. The minimum Gasteiger partial charge on any atom is -0.423 e. The van der Waals surface area contributed by atoms with E-state index in [9.17, 15) is 13.2 Å². The maximum atomic E-state index is 12.5. The highest BCUT2D eigenvalue weighted by Gasteiger charge is 2.19. The molecular formula is C19H19N3O4S. The first-order valence-corrected chi connectivity index (χ1v) is 9.86. The van der Waals surface area contributed by atoms with E-state index in [4.69, 9.17) is 4.42 Å². The van der Waals surface area contributed by atoms with Crippen molar-refractivity contribution >= 4 is 21.4 Å². The van der Waals surface area contributed by atoms with Crippen LogP contribution in [0.25, 0.3) is 11.5 Å². The molecule has 0 aliphatic heterocycles. The van der Waals surface area contributed by atoms with Gasteiger partial charge in [0.25, 0.3) is 5.91 Å². The van der Waals surface area contributed by atoms with E-state index < -0.39 is 15.1 Å². The van der Waals surface area contributed by atoms with Gasteiger partial charge in [-0.3, -0.25) is 4.79 Å². The van der Waals surface area contributed by atoms with E-state index in [2.05, 4.69) is 15.5 Å². The van der Waals surface area contributed by atoms with Crippen molar-refractivity contribution in [1.29, 1.82) is 0 Å². The maximum Gasteiger partial charge on any atom is 0.255 e. The Kier molecular flexibility index (Phi) is 5.09. The normalized spacial score (nSPS) is 11.6. The van der Waals surface area contributed by atoms with E-state index in [1.165, 1.54) is 30.7 Å². The van der Waals surface area contributed by atoms with Gasteiger partial charge in [0.05, 0.1) is 10.1 Å². The minimum absolute atomic E-state index is 0.198. The Balaban J connectivity index is 1.83. The number of hydrogen-bond donors (Lipinski definition) is 1. The first-order chi connectivity index (χ1) is 12.8. The molecule has 1 amide bonds. The highest BCUT2D eigenvalue weighted by atomic mass is 32.2. The first-order valence-electron chi connectivity index (χ1n) is 8.31. The number of carbonyl (C=O) groups is 1. The van der Waals surface area contributed by atoms with Crippen molar-refractivity contribution in [1.82, 2.24) is 10.2 Å². The van der Waals surface area contributed by atoms with Gasteiger partial charge in [-0.25, -0.2) is 8.42 Å². The third-order valence-corrected chi connectivity index (χ3v) is 6.33. The van der Waals surface area contributed by atoms with Crippen LogP contribution in [0.3, 0.4) is 0 Å². The lowest BCUT2D eigenvalue weighted by Crippen LogP contribution is -2.15. The molecule has 0 bridgehead atoms. The fraction of sp³-hybridized carbons (Fsp3) is 0.211. The Morgan fingerprint density at radius 1 is 1.11 bits per heavy atom. The zero-order valence-electron chi connectivity index (χ0n) is 15.1. The van der Waals surface area contributed by atoms with Crippen LogP contribution in [0, 0.1) is 6.92 Å². The molecule has 27 heavy (non-hydrogen) atoms. The average Bonchev–Trinajstić information content (AvgIpc) is 3.18. The van der Waals surface area contributed by atoms with Crippen molar-refractivity contribution in [3.8, 4) is 11.5 Å². The number of anilines is 1. The molecule has 0 unspecified atom stereocenters. The summed E-state index contributed by atoms with van der Waals surface area (Å²) in [7, 11) is -3.37. The summed E-state index contributed by atoms with van der Waals surface area (Å²) < 4.78 is 29.5. The topological polar surface area (TPSA) is 102 Å². The van der Waals surface area contributed by atoms with Crippen LogP contribution in [0.4, 0.5) is 5.69 Å². The van der Waals surface area contributed by atoms with Gasteiger partial charge in [0.1, 0.15) is 0 Å². The predicted molar refractivity (Wildman–Crippen MR) is 101 cm³/mol. The van der Waals surface area contributed by atoms with Gasteiger partial charge in [0.15, 0.2) is 9.84 Å². The summed E-state index contributed by atoms with van der Waals surface area (Å²) in [5.74, 6) is 0.0167. The second kappa shape index (κ2) is 7.32. The average molecular weight is 385 g/mol. The number of amides is 1. The molecular weight excluding hydrogens is 366 g/mol. The van der Waals surface area contributed by atoms with Crippen molar-refractivity contribution in [2.24, 2.45) is 0 Å². The van der Waals surface area contributed by atoms with Crippen molar-refractivity contribution in [2.45, 2.75) is 30.9 Å². The number of carbonyl (C=O) groups excluding carboxylic acids is 1. The molecule has 0 atom stereocenters. The molecule has 140 valence electrons. The van der Waals surface area contributed by atoms with E-state index >= 15 is 0 Å². The SMILES string of the molecule is Cc1ccc(-c2nnco2)cc1NC(=O)c1ccc(S(=O)(=O)C(C)C)cc1. The van der Waals surface area contributed by atoms with Gasteiger partial charge in [0, 0.05) is 16.8 Å². The molecule has 1 N–H and O–H groups in total. The quantitative estimate of drug-likeness (QED) is 0.721. The molecule has 0 aliphatic rings. The van der Waals surface area contributed by atoms with Crippen LogP contribution in [0.15, 0.2) is 58.2 Å². The Morgan fingerprint density at radius 2 is 1.81 bits per heavy atom. The molecule has 7 nitrogen and oxygen atoms in total. The Hall–Kier alpha value is -3.00. The monoisotopic (exact) mass is 385 g/mol. The Bertz CT molecular complexity index is 1060. The minimum atomic E-state index is -3.37. The van der Waals surface area contributed by atoms with Crippen LogP contribution in [0.2, 0.25) is 0 Å². The number of aryl methyl sites for hydroxylation is 1. The summed E-state index contributed by atoms with van der Waals surface area (Å²) in [6.45, 7) is 5.11. The fourth-order valence-corrected chi connectivity index (χ4v) is 3.51. The fourth-order valence-electron chi connectivity index (χ4n) is 2.45. The van der Waals surface area contributed by atoms with Gasteiger partial charge in [-0.15, -0.1) is 10.2 Å². The molecule has 0 spiro atoms. The summed E-state index contributed by atoms with van der Waals surface area (Å²) in [6.07, 6.45) is 1.24. The lowest BCUT2D eigenvalue weighted by Gasteiger charge is -2.11. The highest BCUT2D eigenvalue weighted by Crippen LogP contribution is 2.24. The Labute approximate surface area is 157 Å². The molecule has 0 fully saturated rings. The zero-order valence-corrected chi connectivity index (χ0v) is 15.9. The van der Waals surface area contributed by atoms with Crippen LogP contribution >= 0.6 is 0 Å². The first kappa shape index (κ1) is 18.8. The number of sulfone groups is 1. The van der Waals surface area contributed by atoms with Crippen molar-refractivity contribution in [2.75, 3.05) is 5.32 Å². The number of nitrogens with one attached hydrogen (secondary N) is 1. The van der Waals surface area contributed by atoms with Gasteiger partial charge < -0.3 is 9.73 Å². The smallest absolute Gasteiger partial charge is 0.255 e. The third-order valence-electron chi connectivity index (χ3n) is 4.16. The highest BCUT2D eigenvalue weighted by molar-refractivity contribution is 7.92. The second-order valence-corrected chi connectivity index (χ2v) is 8.85. The molecule has 0 aliphatic carbocycles. The van der Waals surface area contributed by atoms with Crippen molar-refractivity contribution < 1.29 is 17.6 Å². The summed E-state index contributed by atoms with van der Waals surface area (Å²) in [5, 5.41) is 9.81. The second-order valence-electron chi connectivity index (χ2n) is 6.35. The van der Waals surface area contributed by atoms with Gasteiger partial charge in [0.2, 0.25) is 12.3 Å². The van der Waals surface area contributed by atoms with E-state index in [-0.39, 0.29) is 10.8 Å². The third kappa shape index (κ3) is 3.90. The van der Waals surface area contributed by atoms with Gasteiger partial charge in [-0.05, 0) is 62.7 Å². The van der Waals surface area contributed by atoms with Crippen molar-refractivity contribution in [3.63, 3.8) is 0 Å². The largest absolute Gasteiger partial charge is 0.423 e. The van der Waals surface area contributed by atoms with Crippen LogP contribution in [0.1, 0.15) is 29.8 Å². The number of hydrogen-bond acceptors (Lipinski definition) is 6. The lowest BCUT2D eigenvalue weighted by atomic mass is 10.1. The van der Waals surface area contributed by atoms with E-state index in [1.54, 1.807) is 19.9 Å². The Morgan fingerprint density at radius 3 is 2.41 bits per heavy atom. The summed E-state index contributed by atoms with van der Waals surface area (Å²) in [4.78, 5) is 12.7. The summed E-state index contributed by atoms with van der Waals surface area (Å²) in [5.41, 5.74) is 2.52. The van der Waals surface area contributed by atoms with E-state index in [0.717, 1.165) is 5.56 Å². The number of rotatable bonds is 5. The lowest BCUT2D eigenvalue weighted by molar-refractivity contribution is 0.102. The van der Waals surface area contributed by atoms with Crippen LogP contribution in [0.5, 0.6) is 0 Å². The number of nitrogens with zero attached hydrogens (tertiary/aromatic N) is 2. The molecule has 1 heterocycles.